The molecule has 0 saturated carbocycles. The highest BCUT2D eigenvalue weighted by atomic mass is 32.2. The molecule has 3 rings (SSSR count). The van der Waals surface area contributed by atoms with Gasteiger partial charge >= 0.3 is 0 Å². The molecule has 0 bridgehead atoms. The van der Waals surface area contributed by atoms with E-state index in [0.29, 0.717) is 35.0 Å². The quantitative estimate of drug-likeness (QED) is 0.502. The summed E-state index contributed by atoms with van der Waals surface area (Å²) < 4.78 is 3.01. The first-order valence-corrected chi connectivity index (χ1v) is 11.1. The van der Waals surface area contributed by atoms with Gasteiger partial charge in [-0.25, -0.2) is 4.98 Å². The first-order valence-electron chi connectivity index (χ1n) is 9.32. The standard InChI is InChI=1S/C19H24N6O2S2/c1-11(2)9-25-16(7-6-15(20)26)23-24-19(25)28-10-17(27)22-18-21-13-5-4-12(3)8-14(13)29-18/h4-5,8,11H,6-7,9-10H2,1-3H3,(H2,20,26)(H,21,22,27). The lowest BCUT2D eigenvalue weighted by Gasteiger charge is -2.12. The zero-order chi connectivity index (χ0) is 21.0. The summed E-state index contributed by atoms with van der Waals surface area (Å²) in [6.07, 6.45) is 0.658. The number of nitrogens with two attached hydrogens (primary N) is 1. The average molecular weight is 433 g/mol. The monoisotopic (exact) mass is 432 g/mol. The fourth-order valence-corrected chi connectivity index (χ4v) is 4.51. The molecule has 0 saturated heterocycles. The summed E-state index contributed by atoms with van der Waals surface area (Å²) in [6, 6.07) is 6.01. The van der Waals surface area contributed by atoms with Gasteiger partial charge in [0.2, 0.25) is 11.8 Å². The fraction of sp³-hybridized carbons (Fsp3) is 0.421. The van der Waals surface area contributed by atoms with Crippen molar-refractivity contribution in [2.24, 2.45) is 11.7 Å². The van der Waals surface area contributed by atoms with Crippen LogP contribution in [-0.2, 0) is 22.6 Å². The Bertz CT molecular complexity index is 1030. The number of aromatic nitrogens is 4. The number of thiazole rings is 1. The number of hydrogen-bond acceptors (Lipinski definition) is 7. The van der Waals surface area contributed by atoms with Crippen LogP contribution in [0.5, 0.6) is 0 Å². The maximum absolute atomic E-state index is 12.4. The Hall–Kier alpha value is -2.46. The molecule has 0 aliphatic carbocycles. The molecule has 0 atom stereocenters. The van der Waals surface area contributed by atoms with Crippen molar-refractivity contribution in [2.75, 3.05) is 11.1 Å². The van der Waals surface area contributed by atoms with Crippen LogP contribution >= 0.6 is 23.1 Å². The molecule has 10 heteroatoms. The number of nitrogens with zero attached hydrogens (tertiary/aromatic N) is 4. The van der Waals surface area contributed by atoms with Crippen molar-refractivity contribution in [1.82, 2.24) is 19.7 Å². The Morgan fingerprint density at radius 3 is 2.83 bits per heavy atom. The molecule has 3 aromatic rings. The summed E-state index contributed by atoms with van der Waals surface area (Å²) in [4.78, 5) is 27.9. The molecular formula is C19H24N6O2S2. The molecule has 0 fully saturated rings. The number of carbonyl (C=O) groups excluding carboxylic acids is 2. The predicted molar refractivity (Wildman–Crippen MR) is 116 cm³/mol. The van der Waals surface area contributed by atoms with Crippen molar-refractivity contribution in [1.29, 1.82) is 0 Å². The van der Waals surface area contributed by atoms with Crippen molar-refractivity contribution in [2.45, 2.75) is 45.3 Å². The number of primary amides is 1. The SMILES string of the molecule is Cc1ccc2nc(NC(=O)CSc3nnc(CCC(N)=O)n3CC(C)C)sc2c1. The van der Waals surface area contributed by atoms with Gasteiger partial charge in [0.1, 0.15) is 5.82 Å². The summed E-state index contributed by atoms with van der Waals surface area (Å²) in [7, 11) is 0. The van der Waals surface area contributed by atoms with Crippen molar-refractivity contribution in [3.05, 3.63) is 29.6 Å². The van der Waals surface area contributed by atoms with Crippen LogP contribution in [0.25, 0.3) is 10.2 Å². The van der Waals surface area contributed by atoms with Crippen LogP contribution in [0.3, 0.4) is 0 Å². The van der Waals surface area contributed by atoms with Gasteiger partial charge in [-0.05, 0) is 30.5 Å². The van der Waals surface area contributed by atoms with E-state index in [1.54, 1.807) is 0 Å². The number of rotatable bonds is 9. The highest BCUT2D eigenvalue weighted by Crippen LogP contribution is 2.27. The Labute approximate surface area is 177 Å². The van der Waals surface area contributed by atoms with Crippen molar-refractivity contribution < 1.29 is 9.59 Å². The van der Waals surface area contributed by atoms with Gasteiger partial charge in [-0.15, -0.1) is 10.2 Å². The Kier molecular flexibility index (Phi) is 6.86. The molecule has 8 nitrogen and oxygen atoms in total. The van der Waals surface area contributed by atoms with E-state index in [-0.39, 0.29) is 24.0 Å². The van der Waals surface area contributed by atoms with Gasteiger partial charge in [0, 0.05) is 19.4 Å². The molecule has 154 valence electrons. The van der Waals surface area contributed by atoms with Crippen LogP contribution < -0.4 is 11.1 Å². The normalized spacial score (nSPS) is 11.3. The van der Waals surface area contributed by atoms with E-state index in [0.717, 1.165) is 15.8 Å². The lowest BCUT2D eigenvalue weighted by atomic mass is 10.2. The van der Waals surface area contributed by atoms with Crippen LogP contribution in [0.4, 0.5) is 5.13 Å². The second-order valence-corrected chi connectivity index (χ2v) is 9.17. The second-order valence-electron chi connectivity index (χ2n) is 7.20. The third-order valence-corrected chi connectivity index (χ3v) is 5.96. The third-order valence-electron chi connectivity index (χ3n) is 4.06. The lowest BCUT2D eigenvalue weighted by molar-refractivity contribution is -0.118. The third kappa shape index (κ3) is 5.77. The highest BCUT2D eigenvalue weighted by molar-refractivity contribution is 7.99. The minimum absolute atomic E-state index is 0.149. The summed E-state index contributed by atoms with van der Waals surface area (Å²) in [5.41, 5.74) is 7.28. The lowest BCUT2D eigenvalue weighted by Crippen LogP contribution is -2.16. The van der Waals surface area contributed by atoms with E-state index in [9.17, 15) is 9.59 Å². The van der Waals surface area contributed by atoms with E-state index in [1.165, 1.54) is 23.1 Å². The number of nitrogens with one attached hydrogen (secondary N) is 1. The van der Waals surface area contributed by atoms with Gasteiger partial charge in [-0.3, -0.25) is 9.59 Å². The number of amides is 2. The molecule has 2 heterocycles. The van der Waals surface area contributed by atoms with Crippen LogP contribution in [0.15, 0.2) is 23.4 Å². The summed E-state index contributed by atoms with van der Waals surface area (Å²) in [6.45, 7) is 6.92. The van der Waals surface area contributed by atoms with Crippen molar-refractivity contribution in [3.63, 3.8) is 0 Å². The van der Waals surface area contributed by atoms with Crippen LogP contribution in [0, 0.1) is 12.8 Å². The van der Waals surface area contributed by atoms with Crippen molar-refractivity contribution in [3.8, 4) is 0 Å². The molecule has 1 aromatic carbocycles. The number of anilines is 1. The van der Waals surface area contributed by atoms with Crippen LogP contribution in [0.2, 0.25) is 0 Å². The zero-order valence-electron chi connectivity index (χ0n) is 16.6. The summed E-state index contributed by atoms with van der Waals surface area (Å²) >= 11 is 2.78. The van der Waals surface area contributed by atoms with Crippen LogP contribution in [-0.4, -0.2) is 37.3 Å². The molecule has 0 radical (unpaired) electrons. The molecule has 3 N–H and O–H groups in total. The topological polar surface area (TPSA) is 116 Å². The maximum Gasteiger partial charge on any atom is 0.236 e. The average Bonchev–Trinajstić information content (AvgIpc) is 3.20. The van der Waals surface area contributed by atoms with E-state index >= 15 is 0 Å². The predicted octanol–water partition coefficient (Wildman–Crippen LogP) is 3.00. The first-order chi connectivity index (χ1) is 13.8. The van der Waals surface area contributed by atoms with Crippen molar-refractivity contribution >= 4 is 50.3 Å². The van der Waals surface area contributed by atoms with Gasteiger partial charge in [0.25, 0.3) is 0 Å². The Morgan fingerprint density at radius 2 is 2.10 bits per heavy atom. The molecule has 0 unspecified atom stereocenters. The zero-order valence-corrected chi connectivity index (χ0v) is 18.3. The summed E-state index contributed by atoms with van der Waals surface area (Å²) in [5.74, 6) is 0.757. The minimum atomic E-state index is -0.372. The number of carbonyl (C=O) groups is 2. The largest absolute Gasteiger partial charge is 0.370 e. The van der Waals surface area contributed by atoms with E-state index in [1.807, 2.05) is 23.6 Å². The molecule has 2 aromatic heterocycles. The van der Waals surface area contributed by atoms with Gasteiger partial charge in [-0.2, -0.15) is 0 Å². The summed E-state index contributed by atoms with van der Waals surface area (Å²) in [5, 5.41) is 12.5. The molecular weight excluding hydrogens is 408 g/mol. The number of aryl methyl sites for hydroxylation is 2. The molecule has 29 heavy (non-hydrogen) atoms. The smallest absolute Gasteiger partial charge is 0.236 e. The number of fused-ring (bicyclic) bond motifs is 1. The number of benzene rings is 1. The van der Waals surface area contributed by atoms with E-state index in [4.69, 9.17) is 5.73 Å². The first kappa shape index (κ1) is 21.3. The van der Waals surface area contributed by atoms with Crippen LogP contribution in [0.1, 0.15) is 31.7 Å². The second kappa shape index (κ2) is 9.36. The Balaban J connectivity index is 1.64. The molecule has 0 spiro atoms. The van der Waals surface area contributed by atoms with Gasteiger partial charge in [0.05, 0.1) is 16.0 Å². The number of hydrogen-bond donors (Lipinski definition) is 2. The highest BCUT2D eigenvalue weighted by Gasteiger charge is 2.16. The fourth-order valence-electron chi connectivity index (χ4n) is 2.76. The van der Waals surface area contributed by atoms with E-state index in [2.05, 4.69) is 40.4 Å². The number of thioether (sulfide) groups is 1. The van der Waals surface area contributed by atoms with Gasteiger partial charge < -0.3 is 15.6 Å². The minimum Gasteiger partial charge on any atom is -0.370 e. The Morgan fingerprint density at radius 1 is 1.31 bits per heavy atom. The van der Waals surface area contributed by atoms with E-state index < -0.39 is 0 Å². The van der Waals surface area contributed by atoms with Gasteiger partial charge in [-0.1, -0.05) is 43.0 Å². The molecule has 2 amide bonds. The maximum atomic E-state index is 12.4. The molecule has 0 aliphatic heterocycles. The molecule has 0 aliphatic rings. The van der Waals surface area contributed by atoms with Gasteiger partial charge in [0.15, 0.2) is 10.3 Å².